The third-order valence-corrected chi connectivity index (χ3v) is 3.54. The van der Waals surface area contributed by atoms with E-state index < -0.39 is 0 Å². The number of aliphatic imine (C=N–C) groups is 1. The summed E-state index contributed by atoms with van der Waals surface area (Å²) in [7, 11) is 0. The molecule has 2 heterocycles. The maximum absolute atomic E-state index is 12.0. The quantitative estimate of drug-likeness (QED) is 0.291. The van der Waals surface area contributed by atoms with E-state index in [9.17, 15) is 9.59 Å². The molecule has 0 saturated carbocycles. The number of hydrogen-bond donors (Lipinski definition) is 4. The van der Waals surface area contributed by atoms with Gasteiger partial charge in [0.25, 0.3) is 0 Å². The zero-order valence-electron chi connectivity index (χ0n) is 13.7. The molecule has 9 heteroatoms. The van der Waals surface area contributed by atoms with Crippen LogP contribution in [0.3, 0.4) is 0 Å². The molecule has 0 aliphatic carbocycles. The first kappa shape index (κ1) is 17.5. The summed E-state index contributed by atoms with van der Waals surface area (Å²) in [6.07, 6.45) is 3.43. The van der Waals surface area contributed by atoms with Crippen molar-refractivity contribution >= 4 is 22.9 Å². The van der Waals surface area contributed by atoms with Gasteiger partial charge in [-0.1, -0.05) is 6.92 Å². The molecule has 0 saturated heterocycles. The SMILES string of the molecule is CCc1cc2cn(CCC(=O)NCCCN=C(N)N)c(=O)nc2[nH]1. The number of carbonyl (C=O) groups excluding carboxylic acids is 1. The Hall–Kier alpha value is -2.84. The van der Waals surface area contributed by atoms with Crippen molar-refractivity contribution in [2.45, 2.75) is 32.7 Å². The minimum atomic E-state index is -0.368. The van der Waals surface area contributed by atoms with E-state index >= 15 is 0 Å². The van der Waals surface area contributed by atoms with Gasteiger partial charge in [-0.15, -0.1) is 0 Å². The first-order chi connectivity index (χ1) is 11.5. The first-order valence-corrected chi connectivity index (χ1v) is 7.90. The Kier molecular flexibility index (Phi) is 5.94. The van der Waals surface area contributed by atoms with Gasteiger partial charge in [-0.2, -0.15) is 4.98 Å². The Labute approximate surface area is 139 Å². The monoisotopic (exact) mass is 333 g/mol. The van der Waals surface area contributed by atoms with Crippen molar-refractivity contribution in [3.63, 3.8) is 0 Å². The van der Waals surface area contributed by atoms with Crippen molar-refractivity contribution in [2.75, 3.05) is 13.1 Å². The second-order valence-corrected chi connectivity index (χ2v) is 5.43. The Morgan fingerprint density at radius 1 is 1.46 bits per heavy atom. The maximum atomic E-state index is 12.0. The highest BCUT2D eigenvalue weighted by Gasteiger charge is 2.07. The molecule has 0 spiro atoms. The summed E-state index contributed by atoms with van der Waals surface area (Å²) >= 11 is 0. The minimum absolute atomic E-state index is 0.0413. The van der Waals surface area contributed by atoms with Gasteiger partial charge in [0.15, 0.2) is 5.96 Å². The van der Waals surface area contributed by atoms with Crippen LogP contribution in [0.2, 0.25) is 0 Å². The van der Waals surface area contributed by atoms with Crippen molar-refractivity contribution in [3.8, 4) is 0 Å². The molecular weight excluding hydrogens is 310 g/mol. The molecule has 0 fully saturated rings. The molecule has 0 unspecified atom stereocenters. The van der Waals surface area contributed by atoms with E-state index in [4.69, 9.17) is 11.5 Å². The summed E-state index contributed by atoms with van der Waals surface area (Å²) in [6.45, 7) is 3.26. The van der Waals surface area contributed by atoms with Crippen LogP contribution in [0.4, 0.5) is 0 Å². The molecule has 0 aromatic carbocycles. The zero-order chi connectivity index (χ0) is 17.5. The lowest BCUT2D eigenvalue weighted by molar-refractivity contribution is -0.121. The van der Waals surface area contributed by atoms with E-state index in [0.29, 0.717) is 25.2 Å². The van der Waals surface area contributed by atoms with Crippen molar-refractivity contribution in [3.05, 3.63) is 28.4 Å². The van der Waals surface area contributed by atoms with Crippen LogP contribution in [0, 0.1) is 0 Å². The zero-order valence-corrected chi connectivity index (χ0v) is 13.7. The number of nitrogens with one attached hydrogen (secondary N) is 2. The highest BCUT2D eigenvalue weighted by molar-refractivity contribution is 5.77. The number of hydrogen-bond acceptors (Lipinski definition) is 4. The van der Waals surface area contributed by atoms with Crippen LogP contribution >= 0.6 is 0 Å². The normalized spacial score (nSPS) is 10.7. The molecule has 0 radical (unpaired) electrons. The van der Waals surface area contributed by atoms with Gasteiger partial charge >= 0.3 is 5.69 Å². The molecular formula is C15H23N7O2. The predicted octanol–water partition coefficient (Wildman–Crippen LogP) is -0.543. The number of aromatic nitrogens is 3. The second-order valence-electron chi connectivity index (χ2n) is 5.43. The highest BCUT2D eigenvalue weighted by Crippen LogP contribution is 2.11. The van der Waals surface area contributed by atoms with Crippen LogP contribution < -0.4 is 22.5 Å². The average Bonchev–Trinajstić information content (AvgIpc) is 2.93. The summed E-state index contributed by atoms with van der Waals surface area (Å²) in [6, 6.07) is 1.96. The molecule has 0 atom stereocenters. The molecule has 6 N–H and O–H groups in total. The minimum Gasteiger partial charge on any atom is -0.370 e. The summed E-state index contributed by atoms with van der Waals surface area (Å²) in [4.78, 5) is 34.7. The lowest BCUT2D eigenvalue weighted by Crippen LogP contribution is -2.29. The highest BCUT2D eigenvalue weighted by atomic mass is 16.2. The maximum Gasteiger partial charge on any atom is 0.349 e. The smallest absolute Gasteiger partial charge is 0.349 e. The Bertz CT molecular complexity index is 787. The molecule has 1 amide bonds. The topological polar surface area (TPSA) is 144 Å². The fourth-order valence-corrected chi connectivity index (χ4v) is 2.27. The number of aryl methyl sites for hydroxylation is 2. The third-order valence-electron chi connectivity index (χ3n) is 3.54. The summed E-state index contributed by atoms with van der Waals surface area (Å²) in [5, 5.41) is 3.63. The number of guanidine groups is 1. The van der Waals surface area contributed by atoms with Crippen LogP contribution in [0.15, 0.2) is 22.1 Å². The van der Waals surface area contributed by atoms with Crippen LogP contribution in [-0.4, -0.2) is 39.5 Å². The lowest BCUT2D eigenvalue weighted by Gasteiger charge is -2.06. The summed E-state index contributed by atoms with van der Waals surface area (Å²) in [5.74, 6) is -0.0883. The van der Waals surface area contributed by atoms with E-state index in [2.05, 4.69) is 20.3 Å². The fourth-order valence-electron chi connectivity index (χ4n) is 2.27. The van der Waals surface area contributed by atoms with Crippen molar-refractivity contribution < 1.29 is 4.79 Å². The predicted molar refractivity (Wildman–Crippen MR) is 92.7 cm³/mol. The standard InChI is InChI=1S/C15H23N7O2/c1-2-11-8-10-9-22(15(24)21-13(10)20-11)7-4-12(23)18-5-3-6-19-14(16)17/h8-9H,2-7H2,1H3,(H,18,23)(H4,16,17,19)(H,20,21,24). The van der Waals surface area contributed by atoms with Gasteiger partial charge in [-0.05, 0) is 18.9 Å². The fraction of sp³-hybridized carbons (Fsp3) is 0.467. The number of aromatic amines is 1. The number of amides is 1. The van der Waals surface area contributed by atoms with Gasteiger partial charge < -0.3 is 21.8 Å². The van der Waals surface area contributed by atoms with Gasteiger partial charge in [0.05, 0.1) is 0 Å². The van der Waals surface area contributed by atoms with Gasteiger partial charge in [0.2, 0.25) is 5.91 Å². The van der Waals surface area contributed by atoms with Gasteiger partial charge in [-0.3, -0.25) is 14.4 Å². The molecule has 130 valence electrons. The first-order valence-electron chi connectivity index (χ1n) is 7.90. The van der Waals surface area contributed by atoms with Crippen molar-refractivity contribution in [1.82, 2.24) is 19.9 Å². The Balaban J connectivity index is 1.86. The third kappa shape index (κ3) is 4.83. The number of fused-ring (bicyclic) bond motifs is 1. The van der Waals surface area contributed by atoms with Crippen LogP contribution in [-0.2, 0) is 17.8 Å². The number of carbonyl (C=O) groups is 1. The summed E-state index contributed by atoms with van der Waals surface area (Å²) < 4.78 is 1.45. The molecule has 2 aromatic heterocycles. The van der Waals surface area contributed by atoms with Crippen LogP contribution in [0.25, 0.3) is 11.0 Å². The summed E-state index contributed by atoms with van der Waals surface area (Å²) in [5.41, 5.74) is 11.7. The number of nitrogens with two attached hydrogens (primary N) is 2. The molecule has 9 nitrogen and oxygen atoms in total. The number of rotatable bonds is 8. The van der Waals surface area contributed by atoms with Gasteiger partial charge in [0.1, 0.15) is 5.65 Å². The van der Waals surface area contributed by atoms with E-state index in [1.807, 2.05) is 13.0 Å². The number of nitrogens with zero attached hydrogens (tertiary/aromatic N) is 3. The van der Waals surface area contributed by atoms with Crippen molar-refractivity contribution in [1.29, 1.82) is 0 Å². The Morgan fingerprint density at radius 2 is 2.25 bits per heavy atom. The van der Waals surface area contributed by atoms with Gasteiger partial charge in [-0.25, -0.2) is 4.79 Å². The van der Waals surface area contributed by atoms with Gasteiger partial charge in [0, 0.05) is 43.3 Å². The molecule has 24 heavy (non-hydrogen) atoms. The van der Waals surface area contributed by atoms with Crippen molar-refractivity contribution in [2.24, 2.45) is 16.5 Å². The second kappa shape index (κ2) is 8.14. The molecule has 2 aromatic rings. The van der Waals surface area contributed by atoms with E-state index in [0.717, 1.165) is 17.5 Å². The molecule has 0 aliphatic rings. The van der Waals surface area contributed by atoms with E-state index in [-0.39, 0.29) is 30.5 Å². The molecule has 0 aliphatic heterocycles. The largest absolute Gasteiger partial charge is 0.370 e. The lowest BCUT2D eigenvalue weighted by atomic mass is 10.3. The van der Waals surface area contributed by atoms with E-state index in [1.165, 1.54) is 4.57 Å². The number of H-pyrrole nitrogens is 1. The molecule has 0 bridgehead atoms. The van der Waals surface area contributed by atoms with Crippen LogP contribution in [0.5, 0.6) is 0 Å². The van der Waals surface area contributed by atoms with E-state index in [1.54, 1.807) is 6.20 Å². The Morgan fingerprint density at radius 3 is 2.96 bits per heavy atom. The average molecular weight is 333 g/mol. The van der Waals surface area contributed by atoms with Crippen LogP contribution in [0.1, 0.15) is 25.5 Å². The molecule has 2 rings (SSSR count).